The molecule has 1 N–H and O–H groups in total. The molecule has 3 aromatic rings. The molecule has 2 heterocycles. The second-order valence-electron chi connectivity index (χ2n) is 9.13. The Balaban J connectivity index is 1.54. The van der Waals surface area contributed by atoms with Gasteiger partial charge in [0.05, 0.1) is 12.6 Å². The third-order valence-corrected chi connectivity index (χ3v) is 7.93. The van der Waals surface area contributed by atoms with Crippen LogP contribution in [0.15, 0.2) is 51.3 Å². The summed E-state index contributed by atoms with van der Waals surface area (Å²) in [6.45, 7) is 5.98. The van der Waals surface area contributed by atoms with Gasteiger partial charge in [0.1, 0.15) is 22.2 Å². The van der Waals surface area contributed by atoms with Gasteiger partial charge >= 0.3 is 0 Å². The first-order valence-electron chi connectivity index (χ1n) is 11.5. The van der Waals surface area contributed by atoms with E-state index in [4.69, 9.17) is 9.83 Å². The van der Waals surface area contributed by atoms with Gasteiger partial charge in [-0.2, -0.15) is 0 Å². The molecular weight excluding hydrogens is 469 g/mol. The zero-order valence-corrected chi connectivity index (χ0v) is 20.6. The highest BCUT2D eigenvalue weighted by Gasteiger charge is 2.35. The van der Waals surface area contributed by atoms with Crippen molar-refractivity contribution in [1.82, 2.24) is 20.7 Å². The van der Waals surface area contributed by atoms with Crippen LogP contribution in [0, 0.1) is 26.6 Å². The van der Waals surface area contributed by atoms with Crippen molar-refractivity contribution in [3.05, 3.63) is 76.0 Å². The van der Waals surface area contributed by atoms with Gasteiger partial charge in [0.25, 0.3) is 0 Å². The lowest BCUT2D eigenvalue weighted by molar-refractivity contribution is 0.0620. The van der Waals surface area contributed by atoms with E-state index < -0.39 is 25.6 Å². The predicted octanol–water partition coefficient (Wildman–Crippen LogP) is 3.54. The molecule has 182 valence electrons. The Morgan fingerprint density at radius 2 is 1.91 bits per heavy atom. The summed E-state index contributed by atoms with van der Waals surface area (Å²) in [5, 5.41) is 7.31. The number of hydroxylamine groups is 1. The number of rotatable bonds is 6. The number of halogens is 1. The van der Waals surface area contributed by atoms with Crippen LogP contribution >= 0.6 is 0 Å². The quantitative estimate of drug-likeness (QED) is 0.557. The van der Waals surface area contributed by atoms with Crippen molar-refractivity contribution in [2.75, 3.05) is 6.61 Å². The maximum absolute atomic E-state index is 15.3. The van der Waals surface area contributed by atoms with Gasteiger partial charge in [-0.1, -0.05) is 35.9 Å². The van der Waals surface area contributed by atoms with Crippen LogP contribution < -0.4 is 5.48 Å². The molecule has 1 aliphatic heterocycles. The Labute approximate surface area is 203 Å². The number of aryl methyl sites for hydroxylation is 3. The topological polar surface area (TPSA) is 106 Å². The fourth-order valence-corrected chi connectivity index (χ4v) is 5.64. The third-order valence-electron chi connectivity index (χ3n) is 6.25. The van der Waals surface area contributed by atoms with Crippen LogP contribution in [0.1, 0.15) is 52.5 Å². The summed E-state index contributed by atoms with van der Waals surface area (Å²) in [5.74, 6) is -0.310. The summed E-state index contributed by atoms with van der Waals surface area (Å²) in [7, 11) is -4.37. The molecule has 0 bridgehead atoms. The monoisotopic (exact) mass is 495 g/mol. The molecule has 0 radical (unpaired) electrons. The van der Waals surface area contributed by atoms with Crippen molar-refractivity contribution < 1.29 is 17.6 Å². The van der Waals surface area contributed by atoms with E-state index in [1.54, 1.807) is 19.1 Å². The van der Waals surface area contributed by atoms with Gasteiger partial charge in [0.2, 0.25) is 14.9 Å². The molecule has 1 aromatic heterocycles. The van der Waals surface area contributed by atoms with Gasteiger partial charge in [-0.3, -0.25) is 9.83 Å². The second kappa shape index (κ2) is 9.09. The summed E-state index contributed by atoms with van der Waals surface area (Å²) in [6.07, 6.45) is 2.30. The van der Waals surface area contributed by atoms with Gasteiger partial charge in [-0.15, -0.1) is 10.2 Å². The molecule has 1 aliphatic carbocycles. The fourth-order valence-electron chi connectivity index (χ4n) is 4.28. The van der Waals surface area contributed by atoms with Crippen molar-refractivity contribution in [3.8, 4) is 0 Å². The van der Waals surface area contributed by atoms with Gasteiger partial charge in [-0.05, 0) is 68.7 Å². The van der Waals surface area contributed by atoms with Gasteiger partial charge in [0.15, 0.2) is 5.84 Å². The van der Waals surface area contributed by atoms with Crippen LogP contribution in [0.4, 0.5) is 4.39 Å². The van der Waals surface area contributed by atoms with Crippen molar-refractivity contribution in [1.29, 1.82) is 0 Å². The highest BCUT2D eigenvalue weighted by molar-refractivity contribution is 7.91. The van der Waals surface area contributed by atoms with Crippen LogP contribution in [0.2, 0.25) is 0 Å². The van der Waals surface area contributed by atoms with E-state index in [2.05, 4.69) is 32.8 Å². The zero-order chi connectivity index (χ0) is 24.7. The number of hydrogen-bond donors (Lipinski definition) is 1. The molecule has 0 spiro atoms. The van der Waals surface area contributed by atoms with Crippen molar-refractivity contribution in [3.63, 3.8) is 0 Å². The average molecular weight is 496 g/mol. The van der Waals surface area contributed by atoms with E-state index >= 15 is 4.39 Å². The average Bonchev–Trinajstić information content (AvgIpc) is 3.66. The number of aromatic nitrogens is 3. The molecule has 5 rings (SSSR count). The molecule has 0 saturated heterocycles. The van der Waals surface area contributed by atoms with Crippen molar-refractivity contribution >= 4 is 15.7 Å². The Morgan fingerprint density at radius 3 is 2.66 bits per heavy atom. The van der Waals surface area contributed by atoms with E-state index in [9.17, 15) is 8.42 Å². The third kappa shape index (κ3) is 4.68. The van der Waals surface area contributed by atoms with Crippen molar-refractivity contribution in [2.24, 2.45) is 4.99 Å². The summed E-state index contributed by atoms with van der Waals surface area (Å²) in [5.41, 5.74) is 6.49. The lowest BCUT2D eigenvalue weighted by Crippen LogP contribution is -2.38. The van der Waals surface area contributed by atoms with Crippen LogP contribution in [0.25, 0.3) is 0 Å². The Bertz CT molecular complexity index is 1440. The minimum Gasteiger partial charge on any atom is -0.272 e. The van der Waals surface area contributed by atoms with E-state index in [-0.39, 0.29) is 29.3 Å². The van der Waals surface area contributed by atoms with Gasteiger partial charge in [0, 0.05) is 0 Å². The molecule has 1 saturated carbocycles. The summed E-state index contributed by atoms with van der Waals surface area (Å²) >= 11 is 0. The number of nitrogens with zero attached hydrogens (tertiary/aromatic N) is 4. The first kappa shape index (κ1) is 23.5. The molecule has 1 fully saturated rings. The maximum atomic E-state index is 15.3. The summed E-state index contributed by atoms with van der Waals surface area (Å²) in [6, 6.07) is 10.4. The van der Waals surface area contributed by atoms with Gasteiger partial charge < -0.3 is 0 Å². The van der Waals surface area contributed by atoms with E-state index in [1.807, 2.05) is 19.9 Å². The molecule has 0 amide bonds. The minimum absolute atomic E-state index is 0.0425. The molecule has 1 unspecified atom stereocenters. The lowest BCUT2D eigenvalue weighted by atomic mass is 9.99. The van der Waals surface area contributed by atoms with E-state index in [0.29, 0.717) is 18.6 Å². The highest BCUT2D eigenvalue weighted by Crippen LogP contribution is 2.42. The van der Waals surface area contributed by atoms with Crippen LogP contribution in [-0.2, 0) is 21.1 Å². The normalized spacial score (nSPS) is 18.2. The number of hydrogen-bond acceptors (Lipinski definition) is 8. The number of amidine groups is 1. The van der Waals surface area contributed by atoms with Gasteiger partial charge in [-0.25, -0.2) is 23.3 Å². The van der Waals surface area contributed by atoms with Crippen LogP contribution in [-0.4, -0.2) is 42.1 Å². The number of nitrogens with one attached hydrogen (secondary N) is 1. The van der Waals surface area contributed by atoms with Crippen LogP contribution in [0.3, 0.4) is 0 Å². The number of benzene rings is 2. The molecular formula is C25H26FN5O3S. The fraction of sp³-hybridized carbons (Fsp3) is 0.360. The van der Waals surface area contributed by atoms with Crippen LogP contribution in [0.5, 0.6) is 0 Å². The number of sulfone groups is 1. The first-order chi connectivity index (χ1) is 16.7. The number of aliphatic imine (C=N–C) groups is 1. The molecule has 35 heavy (non-hydrogen) atoms. The Hall–Kier alpha value is -3.24. The Kier molecular flexibility index (Phi) is 6.10. The predicted molar refractivity (Wildman–Crippen MR) is 127 cm³/mol. The SMILES string of the molecule is Cc1ccc(CC2CONC(c3nc(C)nnc3S(=O)(=O)c3cccc(C4CC4)c3F)=N2)c(C)c1. The maximum Gasteiger partial charge on any atom is 0.230 e. The second-order valence-corrected chi connectivity index (χ2v) is 11.0. The smallest absolute Gasteiger partial charge is 0.230 e. The molecule has 8 nitrogen and oxygen atoms in total. The zero-order valence-electron chi connectivity index (χ0n) is 19.7. The molecule has 1 atom stereocenters. The molecule has 2 aromatic carbocycles. The summed E-state index contributed by atoms with van der Waals surface area (Å²) < 4.78 is 42.4. The summed E-state index contributed by atoms with van der Waals surface area (Å²) in [4.78, 5) is 14.1. The Morgan fingerprint density at radius 1 is 1.11 bits per heavy atom. The van der Waals surface area contributed by atoms with Crippen molar-refractivity contribution in [2.45, 2.75) is 61.9 Å². The largest absolute Gasteiger partial charge is 0.272 e. The standard InChI is InChI=1S/C25H26FN5O3S/c1-14-7-8-18(15(2)11-14)12-19-13-34-31-24(28-19)23-25(30-29-16(3)27-23)35(32,33)21-6-4-5-20(22(21)26)17-9-10-17/h4-8,11,17,19H,9-10,12-13H2,1-3H3,(H,28,31). The minimum atomic E-state index is -4.37. The molecule has 10 heteroatoms. The van der Waals surface area contributed by atoms with E-state index in [0.717, 1.165) is 24.0 Å². The first-order valence-corrected chi connectivity index (χ1v) is 13.0. The highest BCUT2D eigenvalue weighted by atomic mass is 32.2. The molecule has 2 aliphatic rings. The lowest BCUT2D eigenvalue weighted by Gasteiger charge is -2.23. The van der Waals surface area contributed by atoms with E-state index in [1.165, 1.54) is 11.6 Å².